The highest BCUT2D eigenvalue weighted by atomic mass is 32.2. The molecule has 3 aromatic carbocycles. The quantitative estimate of drug-likeness (QED) is 0.305. The summed E-state index contributed by atoms with van der Waals surface area (Å²) in [6.07, 6.45) is 2.81. The monoisotopic (exact) mass is 551 g/mol. The maximum absolute atomic E-state index is 13.6. The van der Waals surface area contributed by atoms with E-state index in [4.69, 9.17) is 4.74 Å². The lowest BCUT2D eigenvalue weighted by atomic mass is 10.1. The number of para-hydroxylation sites is 1. The predicted octanol–water partition coefficient (Wildman–Crippen LogP) is 4.89. The maximum atomic E-state index is 13.6. The minimum absolute atomic E-state index is 0.170. The molecule has 0 aliphatic heterocycles. The summed E-state index contributed by atoms with van der Waals surface area (Å²) in [5.74, 6) is 0.419. The van der Waals surface area contributed by atoms with Crippen molar-refractivity contribution in [2.24, 2.45) is 0 Å². The molecule has 1 atom stereocenters. The molecule has 8 nitrogen and oxygen atoms in total. The third-order valence-corrected chi connectivity index (χ3v) is 7.39. The van der Waals surface area contributed by atoms with Crippen LogP contribution in [0, 0.1) is 6.92 Å². The van der Waals surface area contributed by atoms with E-state index in [1.165, 1.54) is 4.90 Å². The van der Waals surface area contributed by atoms with Crippen LogP contribution in [-0.4, -0.2) is 50.5 Å². The summed E-state index contributed by atoms with van der Waals surface area (Å²) in [6, 6.07) is 22.6. The van der Waals surface area contributed by atoms with Crippen molar-refractivity contribution in [2.75, 3.05) is 23.7 Å². The number of ether oxygens (including phenoxy) is 1. The molecule has 0 spiro atoms. The Balaban J connectivity index is 1.83. The van der Waals surface area contributed by atoms with Crippen LogP contribution >= 0.6 is 0 Å². The van der Waals surface area contributed by atoms with Crippen molar-refractivity contribution in [1.82, 2.24) is 10.2 Å². The zero-order valence-corrected chi connectivity index (χ0v) is 23.8. The Labute approximate surface area is 231 Å². The van der Waals surface area contributed by atoms with Crippen molar-refractivity contribution in [3.05, 3.63) is 90.0 Å². The molecule has 0 saturated heterocycles. The molecule has 0 heterocycles. The molecule has 0 aromatic heterocycles. The SMILES string of the molecule is CCCCNC(=O)[C@H](C)N(Cc1ccc(C)cc1)C(=O)CN(c1ccc(Oc2ccccc2)cc1)S(C)(=O)=O. The summed E-state index contributed by atoms with van der Waals surface area (Å²) in [6.45, 7) is 5.89. The number of rotatable bonds is 13. The van der Waals surface area contributed by atoms with E-state index in [0.717, 1.165) is 34.5 Å². The van der Waals surface area contributed by atoms with E-state index in [1.807, 2.05) is 68.4 Å². The highest BCUT2D eigenvalue weighted by molar-refractivity contribution is 7.92. The molecule has 1 N–H and O–H groups in total. The van der Waals surface area contributed by atoms with Gasteiger partial charge in [-0.15, -0.1) is 0 Å². The number of hydrogen-bond acceptors (Lipinski definition) is 5. The topological polar surface area (TPSA) is 96.0 Å². The van der Waals surface area contributed by atoms with Crippen molar-refractivity contribution >= 4 is 27.5 Å². The lowest BCUT2D eigenvalue weighted by Gasteiger charge is -2.31. The fourth-order valence-electron chi connectivity index (χ4n) is 3.93. The third kappa shape index (κ3) is 8.85. The van der Waals surface area contributed by atoms with Gasteiger partial charge in [-0.25, -0.2) is 8.42 Å². The van der Waals surface area contributed by atoms with Crippen LogP contribution in [-0.2, 0) is 26.2 Å². The van der Waals surface area contributed by atoms with E-state index >= 15 is 0 Å². The van der Waals surface area contributed by atoms with Gasteiger partial charge in [-0.05, 0) is 62.2 Å². The lowest BCUT2D eigenvalue weighted by molar-refractivity contribution is -0.139. The second-order valence-corrected chi connectivity index (χ2v) is 11.4. The third-order valence-electron chi connectivity index (χ3n) is 6.25. The molecule has 2 amide bonds. The molecule has 3 aromatic rings. The fraction of sp³-hybridized carbons (Fsp3) is 0.333. The molecule has 0 bridgehead atoms. The average molecular weight is 552 g/mol. The van der Waals surface area contributed by atoms with Crippen LogP contribution < -0.4 is 14.4 Å². The Morgan fingerprint density at radius 3 is 2.13 bits per heavy atom. The molecular weight excluding hydrogens is 514 g/mol. The van der Waals surface area contributed by atoms with Gasteiger partial charge in [0.05, 0.1) is 11.9 Å². The van der Waals surface area contributed by atoms with Gasteiger partial charge >= 0.3 is 0 Å². The molecule has 0 saturated carbocycles. The average Bonchev–Trinajstić information content (AvgIpc) is 2.91. The first-order valence-electron chi connectivity index (χ1n) is 13.0. The van der Waals surface area contributed by atoms with Crippen molar-refractivity contribution in [3.63, 3.8) is 0 Å². The zero-order chi connectivity index (χ0) is 28.4. The van der Waals surface area contributed by atoms with Gasteiger partial charge in [0, 0.05) is 13.1 Å². The normalized spacial score (nSPS) is 11.9. The van der Waals surface area contributed by atoms with Crippen LogP contribution in [0.2, 0.25) is 0 Å². The Morgan fingerprint density at radius 2 is 1.54 bits per heavy atom. The number of nitrogens with zero attached hydrogens (tertiary/aromatic N) is 2. The van der Waals surface area contributed by atoms with E-state index in [-0.39, 0.29) is 12.5 Å². The van der Waals surface area contributed by atoms with Crippen LogP contribution in [0.5, 0.6) is 11.5 Å². The van der Waals surface area contributed by atoms with E-state index in [1.54, 1.807) is 31.2 Å². The molecule has 0 unspecified atom stereocenters. The van der Waals surface area contributed by atoms with Crippen LogP contribution in [0.1, 0.15) is 37.8 Å². The van der Waals surface area contributed by atoms with Crippen molar-refractivity contribution in [3.8, 4) is 11.5 Å². The molecule has 0 fully saturated rings. The smallest absolute Gasteiger partial charge is 0.244 e. The maximum Gasteiger partial charge on any atom is 0.244 e. The van der Waals surface area contributed by atoms with Gasteiger partial charge in [-0.1, -0.05) is 61.4 Å². The lowest BCUT2D eigenvalue weighted by Crippen LogP contribution is -2.51. The van der Waals surface area contributed by atoms with E-state index in [9.17, 15) is 18.0 Å². The van der Waals surface area contributed by atoms with Gasteiger partial charge in [0.1, 0.15) is 24.1 Å². The van der Waals surface area contributed by atoms with Crippen LogP contribution in [0.15, 0.2) is 78.9 Å². The zero-order valence-electron chi connectivity index (χ0n) is 23.0. The molecule has 3 rings (SSSR count). The van der Waals surface area contributed by atoms with Gasteiger partial charge in [0.15, 0.2) is 0 Å². The van der Waals surface area contributed by atoms with Gasteiger partial charge in [-0.2, -0.15) is 0 Å². The number of hydrogen-bond donors (Lipinski definition) is 1. The van der Waals surface area contributed by atoms with Gasteiger partial charge < -0.3 is 15.0 Å². The number of anilines is 1. The molecule has 0 aliphatic rings. The largest absolute Gasteiger partial charge is 0.457 e. The van der Waals surface area contributed by atoms with Gasteiger partial charge in [-0.3, -0.25) is 13.9 Å². The summed E-state index contributed by atoms with van der Waals surface area (Å²) in [4.78, 5) is 28.0. The van der Waals surface area contributed by atoms with E-state index < -0.39 is 28.5 Å². The number of amides is 2. The molecule has 9 heteroatoms. The summed E-state index contributed by atoms with van der Waals surface area (Å²) in [5.41, 5.74) is 2.24. The van der Waals surface area contributed by atoms with Crippen molar-refractivity contribution in [1.29, 1.82) is 0 Å². The minimum atomic E-state index is -3.82. The number of unbranched alkanes of at least 4 members (excludes halogenated alkanes) is 1. The Hall–Kier alpha value is -3.85. The number of aryl methyl sites for hydroxylation is 1. The summed E-state index contributed by atoms with van der Waals surface area (Å²) in [5, 5.41) is 2.88. The standard InChI is InChI=1S/C30H37N3O5S/c1-5-6-20-31-30(35)24(3)32(21-25-14-12-23(2)13-15-25)29(34)22-33(39(4,36)37)26-16-18-28(19-17-26)38-27-10-8-7-9-11-27/h7-19,24H,5-6,20-22H2,1-4H3,(H,31,35)/t24-/m0/s1. The fourth-order valence-corrected chi connectivity index (χ4v) is 4.78. The Kier molecular flexibility index (Phi) is 10.5. The molecule has 39 heavy (non-hydrogen) atoms. The summed E-state index contributed by atoms with van der Waals surface area (Å²) < 4.78 is 32.4. The van der Waals surface area contributed by atoms with E-state index in [0.29, 0.717) is 23.7 Å². The number of carbonyl (C=O) groups is 2. The first kappa shape index (κ1) is 29.7. The number of sulfonamides is 1. The van der Waals surface area contributed by atoms with Crippen LogP contribution in [0.4, 0.5) is 5.69 Å². The van der Waals surface area contributed by atoms with Gasteiger partial charge in [0.25, 0.3) is 0 Å². The highest BCUT2D eigenvalue weighted by Gasteiger charge is 2.30. The molecular formula is C30H37N3O5S. The summed E-state index contributed by atoms with van der Waals surface area (Å²) in [7, 11) is -3.82. The highest BCUT2D eigenvalue weighted by Crippen LogP contribution is 2.26. The van der Waals surface area contributed by atoms with Crippen molar-refractivity contribution < 1.29 is 22.7 Å². The number of nitrogens with one attached hydrogen (secondary N) is 1. The van der Waals surface area contributed by atoms with Crippen LogP contribution in [0.25, 0.3) is 0 Å². The first-order valence-corrected chi connectivity index (χ1v) is 14.9. The van der Waals surface area contributed by atoms with Gasteiger partial charge in [0.2, 0.25) is 21.8 Å². The number of carbonyl (C=O) groups excluding carboxylic acids is 2. The Bertz CT molecular complexity index is 1330. The van der Waals surface area contributed by atoms with Crippen molar-refractivity contribution in [2.45, 2.75) is 46.2 Å². The molecule has 208 valence electrons. The molecule has 0 aliphatic carbocycles. The minimum Gasteiger partial charge on any atom is -0.457 e. The predicted molar refractivity (Wildman–Crippen MR) is 154 cm³/mol. The molecule has 0 radical (unpaired) electrons. The second kappa shape index (κ2) is 13.8. The first-order chi connectivity index (χ1) is 18.6. The van der Waals surface area contributed by atoms with E-state index in [2.05, 4.69) is 5.32 Å². The van der Waals surface area contributed by atoms with Crippen LogP contribution in [0.3, 0.4) is 0 Å². The Morgan fingerprint density at radius 1 is 0.923 bits per heavy atom. The summed E-state index contributed by atoms with van der Waals surface area (Å²) >= 11 is 0. The second-order valence-electron chi connectivity index (χ2n) is 9.51. The number of benzene rings is 3.